The Kier molecular flexibility index (Phi) is 6.04. The van der Waals surface area contributed by atoms with Gasteiger partial charge in [-0.3, -0.25) is 9.36 Å². The van der Waals surface area contributed by atoms with Crippen LogP contribution in [0, 0.1) is 13.8 Å². The first kappa shape index (κ1) is 21.9. The first-order valence-electron chi connectivity index (χ1n) is 11.0. The van der Waals surface area contributed by atoms with Crippen LogP contribution < -0.4 is 5.56 Å². The monoisotopic (exact) mass is 471 g/mol. The van der Waals surface area contributed by atoms with Gasteiger partial charge in [-0.15, -0.1) is 11.3 Å². The molecule has 33 heavy (non-hydrogen) atoms. The van der Waals surface area contributed by atoms with E-state index in [1.165, 1.54) is 33.6 Å². The average Bonchev–Trinajstić information content (AvgIpc) is 3.21. The lowest BCUT2D eigenvalue weighted by Crippen LogP contribution is -2.25. The van der Waals surface area contributed by atoms with Gasteiger partial charge in [0.2, 0.25) is 0 Å². The molecule has 1 unspecified atom stereocenters. The van der Waals surface area contributed by atoms with Crippen LogP contribution in [0.5, 0.6) is 0 Å². The van der Waals surface area contributed by atoms with Gasteiger partial charge in [-0.2, -0.15) is 0 Å². The Labute approximate surface area is 201 Å². The Bertz CT molecular complexity index is 1510. The smallest absolute Gasteiger partial charge is 0.272 e. The van der Waals surface area contributed by atoms with Gasteiger partial charge in [0.1, 0.15) is 9.53 Å². The summed E-state index contributed by atoms with van der Waals surface area (Å²) in [7, 11) is 0. The summed E-state index contributed by atoms with van der Waals surface area (Å²) in [4.78, 5) is 24.1. The molecule has 2 aromatic carbocycles. The van der Waals surface area contributed by atoms with Gasteiger partial charge in [0.25, 0.3) is 5.56 Å². The third-order valence-corrected chi connectivity index (χ3v) is 8.12. The molecule has 166 valence electrons. The molecule has 0 spiro atoms. The van der Waals surface area contributed by atoms with E-state index in [1.54, 1.807) is 18.0 Å². The minimum absolute atomic E-state index is 0.0224. The predicted octanol–water partition coefficient (Wildman–Crippen LogP) is 6.72. The first-order chi connectivity index (χ1) is 16.0. The summed E-state index contributed by atoms with van der Waals surface area (Å²) in [5.41, 5.74) is 5.77. The van der Waals surface area contributed by atoms with Crippen molar-refractivity contribution in [1.29, 1.82) is 0 Å². The molecular weight excluding hydrogens is 446 g/mol. The molecule has 0 N–H and O–H groups in total. The van der Waals surface area contributed by atoms with Crippen molar-refractivity contribution in [2.24, 2.45) is 0 Å². The lowest BCUT2D eigenvalue weighted by atomic mass is 10.0. The maximum Gasteiger partial charge on any atom is 0.272 e. The number of nitrogens with zero attached hydrogens (tertiary/aromatic N) is 3. The second kappa shape index (κ2) is 9.12. The third kappa shape index (κ3) is 4.33. The fraction of sp³-hybridized carbons (Fsp3) is 0.222. The highest BCUT2D eigenvalue weighted by Crippen LogP contribution is 2.32. The minimum Gasteiger partial charge on any atom is -0.286 e. The molecule has 0 aliphatic carbocycles. The lowest BCUT2D eigenvalue weighted by molar-refractivity contribution is 0.532. The van der Waals surface area contributed by atoms with E-state index >= 15 is 0 Å². The van der Waals surface area contributed by atoms with E-state index in [1.807, 2.05) is 34.9 Å². The van der Waals surface area contributed by atoms with Gasteiger partial charge in [-0.1, -0.05) is 72.8 Å². The number of thioether (sulfide) groups is 1. The summed E-state index contributed by atoms with van der Waals surface area (Å²) >= 11 is 3.07. The summed E-state index contributed by atoms with van der Waals surface area (Å²) in [5.74, 6) is 0.960. The topological polar surface area (TPSA) is 47.8 Å². The fourth-order valence-electron chi connectivity index (χ4n) is 4.07. The zero-order valence-electron chi connectivity index (χ0n) is 18.9. The van der Waals surface area contributed by atoms with Crippen LogP contribution in [0.1, 0.15) is 35.1 Å². The average molecular weight is 472 g/mol. The molecule has 0 radical (unpaired) electrons. The Morgan fingerprint density at radius 3 is 2.70 bits per heavy atom. The molecule has 1 atom stereocenters. The minimum atomic E-state index is 0.0224. The Morgan fingerprint density at radius 2 is 1.88 bits per heavy atom. The van der Waals surface area contributed by atoms with Gasteiger partial charge < -0.3 is 0 Å². The molecule has 5 rings (SSSR count). The first-order valence-corrected chi connectivity index (χ1v) is 12.8. The number of fused-ring (bicyclic) bond motifs is 3. The number of benzene rings is 2. The number of hydrogen-bond donors (Lipinski definition) is 0. The van der Waals surface area contributed by atoms with Crippen molar-refractivity contribution >= 4 is 43.5 Å². The molecule has 5 aromatic rings. The van der Waals surface area contributed by atoms with Crippen LogP contribution in [-0.2, 0) is 12.3 Å². The fourth-order valence-corrected chi connectivity index (χ4v) is 6.17. The predicted molar refractivity (Wildman–Crippen MR) is 140 cm³/mol. The zero-order chi connectivity index (χ0) is 22.9. The van der Waals surface area contributed by atoms with Crippen molar-refractivity contribution in [1.82, 2.24) is 14.5 Å². The number of hydrogen-bond acceptors (Lipinski definition) is 5. The highest BCUT2D eigenvalue weighted by Gasteiger charge is 2.19. The Hall–Kier alpha value is -2.96. The molecule has 0 saturated heterocycles. The van der Waals surface area contributed by atoms with Gasteiger partial charge >= 0.3 is 0 Å². The van der Waals surface area contributed by atoms with E-state index in [-0.39, 0.29) is 11.5 Å². The van der Waals surface area contributed by atoms with Crippen LogP contribution in [0.4, 0.5) is 0 Å². The largest absolute Gasteiger partial charge is 0.286 e. The number of rotatable bonds is 6. The Balaban J connectivity index is 1.61. The third-order valence-electron chi connectivity index (χ3n) is 6.00. The molecule has 0 aliphatic rings. The van der Waals surface area contributed by atoms with Gasteiger partial charge in [0.05, 0.1) is 5.52 Å². The highest BCUT2D eigenvalue weighted by atomic mass is 32.2. The van der Waals surface area contributed by atoms with Crippen LogP contribution in [-0.4, -0.2) is 14.5 Å². The normalized spacial score (nSPS) is 12.5. The molecule has 0 fully saturated rings. The summed E-state index contributed by atoms with van der Waals surface area (Å²) in [6.45, 7) is 6.99. The summed E-state index contributed by atoms with van der Waals surface area (Å²) in [6, 6.07) is 20.8. The summed E-state index contributed by atoms with van der Waals surface area (Å²) in [5, 5.41) is 1.71. The van der Waals surface area contributed by atoms with Gasteiger partial charge in [-0.05, 0) is 48.6 Å². The SMILES string of the molecule is Cc1ccc(C)c(CSc2nc3c(sc4ncccc43)c(=O)n2CC(C)c2ccccc2)c1. The molecule has 3 aromatic heterocycles. The van der Waals surface area contributed by atoms with Crippen LogP contribution in [0.2, 0.25) is 0 Å². The lowest BCUT2D eigenvalue weighted by Gasteiger charge is -2.17. The summed E-state index contributed by atoms with van der Waals surface area (Å²) in [6.07, 6.45) is 1.77. The highest BCUT2D eigenvalue weighted by molar-refractivity contribution is 7.98. The van der Waals surface area contributed by atoms with Crippen molar-refractivity contribution in [3.63, 3.8) is 0 Å². The number of pyridine rings is 1. The van der Waals surface area contributed by atoms with Gasteiger partial charge in [0.15, 0.2) is 5.16 Å². The number of aromatic nitrogens is 3. The maximum absolute atomic E-state index is 13.7. The van der Waals surface area contributed by atoms with Gasteiger partial charge in [0, 0.05) is 23.9 Å². The molecule has 4 nitrogen and oxygen atoms in total. The van der Waals surface area contributed by atoms with E-state index in [0.717, 1.165) is 26.6 Å². The van der Waals surface area contributed by atoms with Crippen molar-refractivity contribution in [2.45, 2.75) is 44.1 Å². The van der Waals surface area contributed by atoms with E-state index in [2.05, 4.69) is 56.1 Å². The van der Waals surface area contributed by atoms with Crippen molar-refractivity contribution in [3.8, 4) is 0 Å². The quantitative estimate of drug-likeness (QED) is 0.204. The molecule has 6 heteroatoms. The van der Waals surface area contributed by atoms with Crippen molar-refractivity contribution in [3.05, 3.63) is 99.5 Å². The zero-order valence-corrected chi connectivity index (χ0v) is 20.5. The second-order valence-electron chi connectivity index (χ2n) is 8.48. The van der Waals surface area contributed by atoms with Crippen molar-refractivity contribution < 1.29 is 0 Å². The number of thiophene rings is 1. The Morgan fingerprint density at radius 1 is 1.06 bits per heavy atom. The molecule has 0 aliphatic heterocycles. The van der Waals surface area contributed by atoms with Crippen LogP contribution in [0.15, 0.2) is 76.8 Å². The summed E-state index contributed by atoms with van der Waals surface area (Å²) < 4.78 is 2.55. The second-order valence-corrected chi connectivity index (χ2v) is 10.4. The molecule has 3 heterocycles. The maximum atomic E-state index is 13.7. The molecule has 0 amide bonds. The standard InChI is InChI=1S/C27H25N3OS2/c1-17-11-12-18(2)21(14-17)16-32-27-29-23-22-10-7-13-28-25(22)33-24(23)26(31)30(27)15-19(3)20-8-5-4-6-9-20/h4-14,19H,15-16H2,1-3H3. The van der Waals surface area contributed by atoms with Crippen LogP contribution in [0.25, 0.3) is 20.4 Å². The van der Waals surface area contributed by atoms with E-state index in [4.69, 9.17) is 4.98 Å². The van der Waals surface area contributed by atoms with E-state index < -0.39 is 0 Å². The van der Waals surface area contributed by atoms with Gasteiger partial charge in [-0.25, -0.2) is 9.97 Å². The molecule has 0 bridgehead atoms. The van der Waals surface area contributed by atoms with E-state index in [0.29, 0.717) is 11.2 Å². The number of aryl methyl sites for hydroxylation is 2. The molecular formula is C27H25N3OS2. The van der Waals surface area contributed by atoms with Crippen LogP contribution in [0.3, 0.4) is 0 Å². The van der Waals surface area contributed by atoms with Crippen molar-refractivity contribution in [2.75, 3.05) is 0 Å². The van der Waals surface area contributed by atoms with Crippen LogP contribution >= 0.6 is 23.1 Å². The molecule has 0 saturated carbocycles. The van der Waals surface area contributed by atoms with E-state index in [9.17, 15) is 4.79 Å².